The molecule has 0 radical (unpaired) electrons. The fourth-order valence-corrected chi connectivity index (χ4v) is 4.64. The predicted molar refractivity (Wildman–Crippen MR) is 98.0 cm³/mol. The normalized spacial score (nSPS) is 15.9. The second kappa shape index (κ2) is 8.24. The molecule has 0 unspecified atom stereocenters. The Bertz CT molecular complexity index is 972. The van der Waals surface area contributed by atoms with E-state index in [1.807, 2.05) is 0 Å². The zero-order valence-electron chi connectivity index (χ0n) is 15.1. The number of fused-ring (bicyclic) bond motifs is 1. The number of hydrogen-bond acceptors (Lipinski definition) is 6. The van der Waals surface area contributed by atoms with Gasteiger partial charge in [0.1, 0.15) is 6.54 Å². The van der Waals surface area contributed by atoms with E-state index in [9.17, 15) is 18.0 Å². The number of oxazole rings is 1. The highest BCUT2D eigenvalue weighted by atomic mass is 32.2. The molecule has 10 heteroatoms. The molecule has 2 heterocycles. The smallest absolute Gasteiger partial charge is 0.408 e. The zero-order valence-corrected chi connectivity index (χ0v) is 16.0. The second-order valence-electron chi connectivity index (χ2n) is 6.39. The molecule has 1 aliphatic rings. The van der Waals surface area contributed by atoms with Crippen LogP contribution < -0.4 is 11.1 Å². The van der Waals surface area contributed by atoms with E-state index in [1.54, 1.807) is 0 Å². The molecule has 148 valence electrons. The molecular formula is C17H23N3O6S. The van der Waals surface area contributed by atoms with Gasteiger partial charge in [0.2, 0.25) is 15.9 Å². The average Bonchev–Trinajstić information content (AvgIpc) is 2.97. The summed E-state index contributed by atoms with van der Waals surface area (Å²) in [5.74, 6) is -1.07. The van der Waals surface area contributed by atoms with E-state index in [0.717, 1.165) is 19.3 Å². The van der Waals surface area contributed by atoms with Crippen LogP contribution in [-0.2, 0) is 26.1 Å². The molecular weight excluding hydrogens is 374 g/mol. The first-order valence-corrected chi connectivity index (χ1v) is 10.3. The third-order valence-electron chi connectivity index (χ3n) is 4.52. The van der Waals surface area contributed by atoms with Crippen molar-refractivity contribution in [3.05, 3.63) is 28.7 Å². The molecule has 0 saturated carbocycles. The molecule has 3 rings (SSSR count). The summed E-state index contributed by atoms with van der Waals surface area (Å²) in [6.45, 7) is 1.47. The van der Waals surface area contributed by atoms with E-state index >= 15 is 0 Å². The van der Waals surface area contributed by atoms with Crippen molar-refractivity contribution in [1.82, 2.24) is 14.2 Å². The van der Waals surface area contributed by atoms with E-state index in [2.05, 4.69) is 5.32 Å². The topological polar surface area (TPSA) is 111 Å². The minimum Gasteiger partial charge on any atom is -0.408 e. The molecule has 1 amide bonds. The van der Waals surface area contributed by atoms with Gasteiger partial charge in [-0.3, -0.25) is 9.36 Å². The maximum Gasteiger partial charge on any atom is 0.420 e. The maximum atomic E-state index is 12.8. The molecule has 1 aliphatic heterocycles. The number of nitrogens with zero attached hydrogens (tertiary/aromatic N) is 2. The number of piperidine rings is 1. The lowest BCUT2D eigenvalue weighted by atomic mass is 10.2. The first-order valence-electron chi connectivity index (χ1n) is 8.82. The van der Waals surface area contributed by atoms with E-state index in [1.165, 1.54) is 34.2 Å². The van der Waals surface area contributed by atoms with Gasteiger partial charge in [-0.25, -0.2) is 13.2 Å². The van der Waals surface area contributed by atoms with Gasteiger partial charge >= 0.3 is 5.76 Å². The number of methoxy groups -OCH3 is 1. The Morgan fingerprint density at radius 2 is 2.00 bits per heavy atom. The third kappa shape index (κ3) is 4.23. The number of rotatable bonds is 7. The van der Waals surface area contributed by atoms with Crippen LogP contribution in [0.4, 0.5) is 0 Å². The standard InChI is InChI=1S/C17H23N3O6S/c1-25-10-7-18-16(21)12-20-14-6-5-13(11-15(14)26-17(20)22)27(23,24)19-8-3-2-4-9-19/h5-6,11H,2-4,7-10,12H2,1H3,(H,18,21). The summed E-state index contributed by atoms with van der Waals surface area (Å²) in [6.07, 6.45) is 2.70. The van der Waals surface area contributed by atoms with Crippen LogP contribution in [0.15, 0.2) is 32.3 Å². The molecule has 1 fully saturated rings. The van der Waals surface area contributed by atoms with Crippen LogP contribution in [0, 0.1) is 0 Å². The van der Waals surface area contributed by atoms with Crippen LogP contribution in [0.5, 0.6) is 0 Å². The Morgan fingerprint density at radius 3 is 2.70 bits per heavy atom. The number of benzene rings is 1. The zero-order chi connectivity index (χ0) is 19.4. The van der Waals surface area contributed by atoms with Crippen LogP contribution in [-0.4, -0.2) is 56.5 Å². The summed E-state index contributed by atoms with van der Waals surface area (Å²) < 4.78 is 38.2. The van der Waals surface area contributed by atoms with Gasteiger partial charge < -0.3 is 14.5 Å². The fourth-order valence-electron chi connectivity index (χ4n) is 3.10. The van der Waals surface area contributed by atoms with Crippen molar-refractivity contribution in [2.75, 3.05) is 33.4 Å². The van der Waals surface area contributed by atoms with Crippen molar-refractivity contribution in [3.63, 3.8) is 0 Å². The SMILES string of the molecule is COCCNC(=O)Cn1c(=O)oc2cc(S(=O)(=O)N3CCCCC3)ccc21. The van der Waals surface area contributed by atoms with E-state index in [-0.39, 0.29) is 22.9 Å². The first kappa shape index (κ1) is 19.6. The monoisotopic (exact) mass is 397 g/mol. The molecule has 0 aliphatic carbocycles. The lowest BCUT2D eigenvalue weighted by molar-refractivity contribution is -0.121. The number of sulfonamides is 1. The molecule has 9 nitrogen and oxygen atoms in total. The quantitative estimate of drug-likeness (QED) is 0.683. The molecule has 27 heavy (non-hydrogen) atoms. The van der Waals surface area contributed by atoms with Gasteiger partial charge in [-0.15, -0.1) is 0 Å². The summed E-state index contributed by atoms with van der Waals surface area (Å²) in [5, 5.41) is 2.62. The highest BCUT2D eigenvalue weighted by molar-refractivity contribution is 7.89. The van der Waals surface area contributed by atoms with Crippen LogP contribution >= 0.6 is 0 Å². The Kier molecular flexibility index (Phi) is 5.98. The van der Waals surface area contributed by atoms with Crippen molar-refractivity contribution in [2.24, 2.45) is 0 Å². The molecule has 1 aromatic heterocycles. The number of carbonyl (C=O) groups excluding carboxylic acids is 1. The molecule has 1 saturated heterocycles. The highest BCUT2D eigenvalue weighted by Crippen LogP contribution is 2.24. The van der Waals surface area contributed by atoms with Crippen LogP contribution in [0.3, 0.4) is 0 Å². The Balaban J connectivity index is 1.85. The molecule has 0 atom stereocenters. The Morgan fingerprint density at radius 1 is 1.26 bits per heavy atom. The number of aromatic nitrogens is 1. The number of amides is 1. The average molecular weight is 397 g/mol. The van der Waals surface area contributed by atoms with Gasteiger partial charge in [-0.05, 0) is 25.0 Å². The largest absolute Gasteiger partial charge is 0.420 e. The van der Waals surface area contributed by atoms with Crippen LogP contribution in [0.1, 0.15) is 19.3 Å². The van der Waals surface area contributed by atoms with Crippen molar-refractivity contribution in [3.8, 4) is 0 Å². The molecule has 1 N–H and O–H groups in total. The van der Waals surface area contributed by atoms with Crippen molar-refractivity contribution >= 4 is 27.0 Å². The molecule has 1 aromatic carbocycles. The predicted octanol–water partition coefficient (Wildman–Crippen LogP) is 0.532. The summed E-state index contributed by atoms with van der Waals surface area (Å²) >= 11 is 0. The maximum absolute atomic E-state index is 12.8. The first-order chi connectivity index (χ1) is 12.9. The van der Waals surface area contributed by atoms with Crippen molar-refractivity contribution in [1.29, 1.82) is 0 Å². The van der Waals surface area contributed by atoms with Gasteiger partial charge in [0, 0.05) is 32.8 Å². The highest BCUT2D eigenvalue weighted by Gasteiger charge is 2.27. The fraction of sp³-hybridized carbons (Fsp3) is 0.529. The minimum absolute atomic E-state index is 0.0855. The number of nitrogens with one attached hydrogen (secondary N) is 1. The third-order valence-corrected chi connectivity index (χ3v) is 6.42. The number of ether oxygens (including phenoxy) is 1. The lowest BCUT2D eigenvalue weighted by Crippen LogP contribution is -2.35. The minimum atomic E-state index is -3.63. The number of carbonyl (C=O) groups is 1. The van der Waals surface area contributed by atoms with Crippen LogP contribution in [0.2, 0.25) is 0 Å². The van der Waals surface area contributed by atoms with Gasteiger partial charge in [-0.2, -0.15) is 4.31 Å². The molecule has 0 spiro atoms. The van der Waals surface area contributed by atoms with Crippen molar-refractivity contribution in [2.45, 2.75) is 30.7 Å². The lowest BCUT2D eigenvalue weighted by Gasteiger charge is -2.25. The van der Waals surface area contributed by atoms with E-state index < -0.39 is 15.8 Å². The second-order valence-corrected chi connectivity index (χ2v) is 8.33. The van der Waals surface area contributed by atoms with Gasteiger partial charge in [0.05, 0.1) is 17.0 Å². The summed E-state index contributed by atoms with van der Waals surface area (Å²) in [5.41, 5.74) is 0.516. The van der Waals surface area contributed by atoms with E-state index in [4.69, 9.17) is 9.15 Å². The Hall–Kier alpha value is -2.17. The van der Waals surface area contributed by atoms with Gasteiger partial charge in [0.25, 0.3) is 0 Å². The Labute approximate surface area is 156 Å². The van der Waals surface area contributed by atoms with Gasteiger partial charge in [-0.1, -0.05) is 6.42 Å². The van der Waals surface area contributed by atoms with E-state index in [0.29, 0.717) is 31.8 Å². The number of hydrogen-bond donors (Lipinski definition) is 1. The summed E-state index contributed by atoms with van der Waals surface area (Å²) in [6, 6.07) is 4.29. The van der Waals surface area contributed by atoms with Gasteiger partial charge in [0.15, 0.2) is 5.58 Å². The van der Waals surface area contributed by atoms with Crippen molar-refractivity contribution < 1.29 is 22.4 Å². The molecule has 2 aromatic rings. The summed E-state index contributed by atoms with van der Waals surface area (Å²) in [7, 11) is -2.10. The summed E-state index contributed by atoms with van der Waals surface area (Å²) in [4.78, 5) is 24.1. The molecule has 0 bridgehead atoms. The van der Waals surface area contributed by atoms with Crippen LogP contribution in [0.25, 0.3) is 11.1 Å².